The lowest BCUT2D eigenvalue weighted by molar-refractivity contribution is -0.134. The van der Waals surface area contributed by atoms with Crippen LogP contribution in [0, 0.1) is 6.92 Å². The number of aryl methyl sites for hydroxylation is 1. The van der Waals surface area contributed by atoms with Crippen molar-refractivity contribution in [3.63, 3.8) is 0 Å². The molecule has 0 saturated carbocycles. The minimum absolute atomic E-state index is 0.128. The van der Waals surface area contributed by atoms with Crippen LogP contribution >= 0.6 is 0 Å². The van der Waals surface area contributed by atoms with Crippen molar-refractivity contribution >= 4 is 11.9 Å². The third kappa shape index (κ3) is 4.86. The highest BCUT2D eigenvalue weighted by Gasteiger charge is 2.16. The van der Waals surface area contributed by atoms with Crippen LogP contribution in [0.2, 0.25) is 0 Å². The maximum Gasteiger partial charge on any atom is 0.226 e. The molecule has 1 aromatic rings. The minimum Gasteiger partial charge on any atom is -0.478 e. The summed E-state index contributed by atoms with van der Waals surface area (Å²) in [6.07, 6.45) is 0.418. The number of nitrogens with one attached hydrogen (secondary N) is 1. The first-order valence-electron chi connectivity index (χ1n) is 7.27. The van der Waals surface area contributed by atoms with Gasteiger partial charge in [-0.15, -0.1) is 0 Å². The number of aromatic nitrogens is 2. The van der Waals surface area contributed by atoms with Gasteiger partial charge in [0.15, 0.2) is 0 Å². The fourth-order valence-corrected chi connectivity index (χ4v) is 2.09. The summed E-state index contributed by atoms with van der Waals surface area (Å²) in [7, 11) is 0. The summed E-state index contributed by atoms with van der Waals surface area (Å²) in [5.41, 5.74) is 0.829. The summed E-state index contributed by atoms with van der Waals surface area (Å²) in [5, 5.41) is 3.07. The number of rotatable bonds is 6. The predicted molar refractivity (Wildman–Crippen MR) is 78.4 cm³/mol. The number of amides is 1. The Hall–Kier alpha value is -1.89. The predicted octanol–water partition coefficient (Wildman–Crippen LogP) is 0.845. The van der Waals surface area contributed by atoms with Crippen molar-refractivity contribution in [2.75, 3.05) is 44.8 Å². The Morgan fingerprint density at radius 3 is 2.90 bits per heavy atom. The maximum absolute atomic E-state index is 12.0. The smallest absolute Gasteiger partial charge is 0.226 e. The topological polar surface area (TPSA) is 76.6 Å². The molecule has 0 aliphatic carbocycles. The number of anilines is 1. The molecular weight excluding hydrogens is 272 g/mol. The summed E-state index contributed by atoms with van der Waals surface area (Å²) >= 11 is 0. The lowest BCUT2D eigenvalue weighted by Gasteiger charge is -2.26. The van der Waals surface area contributed by atoms with Gasteiger partial charge in [-0.2, -0.15) is 4.98 Å². The number of hydrogen-bond acceptors (Lipinski definition) is 6. The molecule has 0 atom stereocenters. The molecule has 0 unspecified atom stereocenters. The Balaban J connectivity index is 1.81. The number of ether oxygens (including phenoxy) is 2. The number of morpholine rings is 1. The fourth-order valence-electron chi connectivity index (χ4n) is 2.09. The first-order chi connectivity index (χ1) is 10.2. The molecule has 116 valence electrons. The molecule has 1 aromatic heterocycles. The number of hydrogen-bond donors (Lipinski definition) is 1. The third-order valence-corrected chi connectivity index (χ3v) is 3.11. The van der Waals surface area contributed by atoms with Crippen molar-refractivity contribution in [3.05, 3.63) is 11.8 Å². The molecule has 0 aromatic carbocycles. The molecule has 1 aliphatic rings. The van der Waals surface area contributed by atoms with Gasteiger partial charge in [0, 0.05) is 37.8 Å². The van der Waals surface area contributed by atoms with Crippen LogP contribution < -0.4 is 10.1 Å². The minimum atomic E-state index is 0.128. The second kappa shape index (κ2) is 7.78. The van der Waals surface area contributed by atoms with E-state index in [1.165, 1.54) is 0 Å². The van der Waals surface area contributed by atoms with Gasteiger partial charge in [0.1, 0.15) is 0 Å². The van der Waals surface area contributed by atoms with Crippen molar-refractivity contribution in [3.8, 4) is 5.88 Å². The van der Waals surface area contributed by atoms with Crippen molar-refractivity contribution in [2.45, 2.75) is 20.3 Å². The first-order valence-corrected chi connectivity index (χ1v) is 7.27. The van der Waals surface area contributed by atoms with E-state index in [0.717, 1.165) is 5.69 Å². The molecular formula is C14H22N4O3. The molecule has 1 fully saturated rings. The van der Waals surface area contributed by atoms with Crippen LogP contribution in [0.3, 0.4) is 0 Å². The van der Waals surface area contributed by atoms with Gasteiger partial charge in [0.05, 0.1) is 19.8 Å². The molecule has 1 N–H and O–H groups in total. The molecule has 0 radical (unpaired) electrons. The van der Waals surface area contributed by atoms with E-state index in [-0.39, 0.29) is 5.91 Å². The molecule has 0 spiro atoms. The second-order valence-electron chi connectivity index (χ2n) is 4.77. The molecule has 2 rings (SSSR count). The number of nitrogens with zero attached hydrogens (tertiary/aromatic N) is 3. The molecule has 0 bridgehead atoms. The zero-order valence-electron chi connectivity index (χ0n) is 12.6. The van der Waals surface area contributed by atoms with Gasteiger partial charge >= 0.3 is 0 Å². The third-order valence-electron chi connectivity index (χ3n) is 3.11. The Labute approximate surface area is 124 Å². The van der Waals surface area contributed by atoms with Crippen LogP contribution in [-0.4, -0.2) is 60.2 Å². The van der Waals surface area contributed by atoms with Crippen LogP contribution in [0.15, 0.2) is 6.07 Å². The Kier molecular flexibility index (Phi) is 5.74. The molecule has 1 saturated heterocycles. The van der Waals surface area contributed by atoms with Gasteiger partial charge in [-0.25, -0.2) is 4.98 Å². The monoisotopic (exact) mass is 294 g/mol. The molecule has 1 aliphatic heterocycles. The Bertz CT molecular complexity index is 475. The van der Waals surface area contributed by atoms with Crippen molar-refractivity contribution in [1.82, 2.24) is 14.9 Å². The van der Waals surface area contributed by atoms with Crippen molar-refractivity contribution in [1.29, 1.82) is 0 Å². The van der Waals surface area contributed by atoms with Gasteiger partial charge in [0.2, 0.25) is 17.7 Å². The Morgan fingerprint density at radius 1 is 1.43 bits per heavy atom. The highest BCUT2D eigenvalue weighted by molar-refractivity contribution is 5.76. The van der Waals surface area contributed by atoms with Gasteiger partial charge in [0.25, 0.3) is 0 Å². The van der Waals surface area contributed by atoms with Crippen LogP contribution in [0.25, 0.3) is 0 Å². The molecule has 2 heterocycles. The Morgan fingerprint density at radius 2 is 2.19 bits per heavy atom. The van der Waals surface area contributed by atoms with E-state index in [9.17, 15) is 4.79 Å². The van der Waals surface area contributed by atoms with Crippen LogP contribution in [-0.2, 0) is 9.53 Å². The summed E-state index contributed by atoms with van der Waals surface area (Å²) in [6, 6.07) is 1.79. The lowest BCUT2D eigenvalue weighted by atomic mass is 10.3. The van der Waals surface area contributed by atoms with E-state index in [1.54, 1.807) is 6.07 Å². The van der Waals surface area contributed by atoms with Crippen LogP contribution in [0.5, 0.6) is 5.88 Å². The largest absolute Gasteiger partial charge is 0.478 e. The van der Waals surface area contributed by atoms with Crippen molar-refractivity contribution in [2.24, 2.45) is 0 Å². The normalized spacial score (nSPS) is 14.9. The van der Waals surface area contributed by atoms with E-state index in [4.69, 9.17) is 9.47 Å². The van der Waals surface area contributed by atoms with E-state index < -0.39 is 0 Å². The standard InChI is InChI=1S/C14H22N4O3/c1-3-21-12-10-11(2)16-14(17-12)15-5-4-13(19)18-6-8-20-9-7-18/h10H,3-9H2,1-2H3,(H,15,16,17). The van der Waals surface area contributed by atoms with E-state index >= 15 is 0 Å². The highest BCUT2D eigenvalue weighted by Crippen LogP contribution is 2.12. The fraction of sp³-hybridized carbons (Fsp3) is 0.643. The van der Waals surface area contributed by atoms with Crippen LogP contribution in [0.1, 0.15) is 19.0 Å². The van der Waals surface area contributed by atoms with Gasteiger partial charge in [-0.3, -0.25) is 4.79 Å². The summed E-state index contributed by atoms with van der Waals surface area (Å²) in [5.74, 6) is 1.17. The second-order valence-corrected chi connectivity index (χ2v) is 4.77. The van der Waals surface area contributed by atoms with Crippen molar-refractivity contribution < 1.29 is 14.3 Å². The molecule has 7 nitrogen and oxygen atoms in total. The first kappa shape index (κ1) is 15.5. The summed E-state index contributed by atoms with van der Waals surface area (Å²) in [4.78, 5) is 22.3. The zero-order chi connectivity index (χ0) is 15.1. The molecule has 7 heteroatoms. The highest BCUT2D eigenvalue weighted by atomic mass is 16.5. The zero-order valence-corrected chi connectivity index (χ0v) is 12.6. The van der Waals surface area contributed by atoms with Gasteiger partial charge < -0.3 is 19.7 Å². The molecule has 1 amide bonds. The number of carbonyl (C=O) groups is 1. The molecule has 21 heavy (non-hydrogen) atoms. The van der Waals surface area contributed by atoms with E-state index in [2.05, 4.69) is 15.3 Å². The number of carbonyl (C=O) groups excluding carboxylic acids is 1. The average Bonchev–Trinajstić information content (AvgIpc) is 2.48. The van der Waals surface area contributed by atoms with Gasteiger partial charge in [-0.05, 0) is 13.8 Å². The van der Waals surface area contributed by atoms with E-state index in [0.29, 0.717) is 57.7 Å². The van der Waals surface area contributed by atoms with E-state index in [1.807, 2.05) is 18.7 Å². The lowest BCUT2D eigenvalue weighted by Crippen LogP contribution is -2.41. The summed E-state index contributed by atoms with van der Waals surface area (Å²) < 4.78 is 10.6. The maximum atomic E-state index is 12.0. The SMILES string of the molecule is CCOc1cc(C)nc(NCCC(=O)N2CCOCC2)n1. The van der Waals surface area contributed by atoms with Gasteiger partial charge in [-0.1, -0.05) is 0 Å². The average molecular weight is 294 g/mol. The summed E-state index contributed by atoms with van der Waals surface area (Å²) in [6.45, 7) is 7.45. The van der Waals surface area contributed by atoms with Crippen LogP contribution in [0.4, 0.5) is 5.95 Å². The quantitative estimate of drug-likeness (QED) is 0.838.